The third kappa shape index (κ3) is 2.13. The molecule has 2 rings (SSSR count). The van der Waals surface area contributed by atoms with Gasteiger partial charge in [-0.2, -0.15) is 0 Å². The van der Waals surface area contributed by atoms with E-state index in [1.165, 1.54) is 0 Å². The van der Waals surface area contributed by atoms with E-state index in [2.05, 4.69) is 0 Å². The van der Waals surface area contributed by atoms with Crippen molar-refractivity contribution in [2.75, 3.05) is 13.2 Å². The van der Waals surface area contributed by atoms with Crippen molar-refractivity contribution in [3.05, 3.63) is 33.8 Å². The second-order valence-electron chi connectivity index (χ2n) is 3.72. The van der Waals surface area contributed by atoms with Gasteiger partial charge in [0.15, 0.2) is 0 Å². The predicted molar refractivity (Wildman–Crippen MR) is 62.3 cm³/mol. The summed E-state index contributed by atoms with van der Waals surface area (Å²) in [5, 5.41) is 1.16. The largest absolute Gasteiger partial charge is 0.373 e. The first-order valence-corrected chi connectivity index (χ1v) is 5.75. The van der Waals surface area contributed by atoms with Crippen LogP contribution in [0.15, 0.2) is 18.2 Å². The van der Waals surface area contributed by atoms with E-state index in [0.29, 0.717) is 22.5 Å². The summed E-state index contributed by atoms with van der Waals surface area (Å²) in [7, 11) is 0. The van der Waals surface area contributed by atoms with Gasteiger partial charge in [0.2, 0.25) is 0 Å². The van der Waals surface area contributed by atoms with E-state index in [4.69, 9.17) is 33.7 Å². The molecule has 1 aromatic carbocycles. The quantitative estimate of drug-likeness (QED) is 0.870. The Balaban J connectivity index is 2.32. The predicted octanol–water partition coefficient (Wildman–Crippen LogP) is 3.03. The zero-order valence-corrected chi connectivity index (χ0v) is 9.76. The van der Waals surface area contributed by atoms with Gasteiger partial charge in [0.05, 0.1) is 16.1 Å². The van der Waals surface area contributed by atoms with E-state index < -0.39 is 0 Å². The maximum Gasteiger partial charge on any atom is 0.0880 e. The molecule has 0 amide bonds. The van der Waals surface area contributed by atoms with Crippen LogP contribution in [0.25, 0.3) is 0 Å². The Morgan fingerprint density at radius 1 is 1.40 bits per heavy atom. The second-order valence-corrected chi connectivity index (χ2v) is 4.50. The minimum Gasteiger partial charge on any atom is -0.373 e. The fourth-order valence-corrected chi connectivity index (χ4v) is 2.37. The molecule has 0 saturated carbocycles. The molecule has 1 aromatic rings. The van der Waals surface area contributed by atoms with Gasteiger partial charge in [-0.05, 0) is 19.0 Å². The molecular weight excluding hydrogens is 233 g/mol. The third-order valence-electron chi connectivity index (χ3n) is 2.80. The SMILES string of the molecule is NCC1CCOC1c1cccc(Cl)c1Cl. The van der Waals surface area contributed by atoms with E-state index in [1.807, 2.05) is 12.1 Å². The summed E-state index contributed by atoms with van der Waals surface area (Å²) in [6.45, 7) is 1.36. The van der Waals surface area contributed by atoms with Crippen LogP contribution in [0.2, 0.25) is 10.0 Å². The minimum atomic E-state index is 0.00111. The molecule has 2 nitrogen and oxygen atoms in total. The first-order valence-electron chi connectivity index (χ1n) is 4.99. The highest BCUT2D eigenvalue weighted by Gasteiger charge is 2.30. The van der Waals surface area contributed by atoms with Crippen LogP contribution in [-0.4, -0.2) is 13.2 Å². The Kier molecular flexibility index (Phi) is 3.52. The fraction of sp³-hybridized carbons (Fsp3) is 0.455. The van der Waals surface area contributed by atoms with E-state index in [9.17, 15) is 0 Å². The number of rotatable bonds is 2. The highest BCUT2D eigenvalue weighted by atomic mass is 35.5. The number of halogens is 2. The molecule has 1 aliphatic rings. The van der Waals surface area contributed by atoms with Crippen molar-refractivity contribution in [1.29, 1.82) is 0 Å². The Morgan fingerprint density at radius 3 is 2.93 bits per heavy atom. The van der Waals surface area contributed by atoms with Gasteiger partial charge in [0, 0.05) is 18.1 Å². The Bertz CT molecular complexity index is 356. The molecule has 0 spiro atoms. The van der Waals surface area contributed by atoms with Crippen LogP contribution in [0, 0.1) is 5.92 Å². The molecule has 82 valence electrons. The molecule has 2 unspecified atom stereocenters. The zero-order valence-electron chi connectivity index (χ0n) is 8.25. The molecule has 1 heterocycles. The lowest BCUT2D eigenvalue weighted by molar-refractivity contribution is 0.0926. The molecule has 2 N–H and O–H groups in total. The lowest BCUT2D eigenvalue weighted by Gasteiger charge is -2.18. The second kappa shape index (κ2) is 4.71. The first-order chi connectivity index (χ1) is 7.24. The van der Waals surface area contributed by atoms with Crippen LogP contribution in [-0.2, 0) is 4.74 Å². The molecule has 4 heteroatoms. The molecule has 1 aliphatic heterocycles. The van der Waals surface area contributed by atoms with E-state index in [1.54, 1.807) is 6.07 Å². The highest BCUT2D eigenvalue weighted by molar-refractivity contribution is 6.42. The summed E-state index contributed by atoms with van der Waals surface area (Å²) in [6, 6.07) is 5.62. The molecule has 0 aliphatic carbocycles. The summed E-state index contributed by atoms with van der Waals surface area (Å²) in [6.07, 6.45) is 0.991. The number of nitrogens with two attached hydrogens (primary N) is 1. The zero-order chi connectivity index (χ0) is 10.8. The Morgan fingerprint density at radius 2 is 2.20 bits per heavy atom. The molecular formula is C11H13Cl2NO. The van der Waals surface area contributed by atoms with Crippen molar-refractivity contribution in [3.63, 3.8) is 0 Å². The number of benzene rings is 1. The number of hydrogen-bond acceptors (Lipinski definition) is 2. The van der Waals surface area contributed by atoms with E-state index in [0.717, 1.165) is 18.6 Å². The van der Waals surface area contributed by atoms with E-state index >= 15 is 0 Å². The van der Waals surface area contributed by atoms with Crippen LogP contribution >= 0.6 is 23.2 Å². The molecule has 15 heavy (non-hydrogen) atoms. The van der Waals surface area contributed by atoms with Crippen molar-refractivity contribution in [1.82, 2.24) is 0 Å². The Hall–Kier alpha value is -0.280. The average Bonchev–Trinajstić information content (AvgIpc) is 2.70. The number of ether oxygens (including phenoxy) is 1. The van der Waals surface area contributed by atoms with Crippen molar-refractivity contribution in [2.24, 2.45) is 11.7 Å². The van der Waals surface area contributed by atoms with Crippen LogP contribution < -0.4 is 5.73 Å². The van der Waals surface area contributed by atoms with Crippen molar-refractivity contribution in [2.45, 2.75) is 12.5 Å². The van der Waals surface area contributed by atoms with Crippen LogP contribution in [0.3, 0.4) is 0 Å². The third-order valence-corrected chi connectivity index (χ3v) is 3.64. The van der Waals surface area contributed by atoms with Crippen LogP contribution in [0.5, 0.6) is 0 Å². The molecule has 0 radical (unpaired) electrons. The molecule has 2 atom stereocenters. The van der Waals surface area contributed by atoms with E-state index in [-0.39, 0.29) is 6.10 Å². The van der Waals surface area contributed by atoms with Gasteiger partial charge in [0.25, 0.3) is 0 Å². The van der Waals surface area contributed by atoms with Crippen molar-refractivity contribution in [3.8, 4) is 0 Å². The minimum absolute atomic E-state index is 0.00111. The average molecular weight is 246 g/mol. The molecule has 1 fully saturated rings. The topological polar surface area (TPSA) is 35.2 Å². The van der Waals surface area contributed by atoms with Gasteiger partial charge < -0.3 is 10.5 Å². The smallest absolute Gasteiger partial charge is 0.0880 e. The van der Waals surface area contributed by atoms with Crippen LogP contribution in [0.1, 0.15) is 18.1 Å². The van der Waals surface area contributed by atoms with Gasteiger partial charge in [0.1, 0.15) is 0 Å². The van der Waals surface area contributed by atoms with Crippen LogP contribution in [0.4, 0.5) is 0 Å². The van der Waals surface area contributed by atoms with Gasteiger partial charge in [-0.1, -0.05) is 35.3 Å². The summed E-state index contributed by atoms with van der Waals surface area (Å²) in [5.41, 5.74) is 6.65. The van der Waals surface area contributed by atoms with Gasteiger partial charge in [-0.25, -0.2) is 0 Å². The van der Waals surface area contributed by atoms with Gasteiger partial charge >= 0.3 is 0 Å². The lowest BCUT2D eigenvalue weighted by atomic mass is 9.95. The molecule has 1 saturated heterocycles. The summed E-state index contributed by atoms with van der Waals surface area (Å²) < 4.78 is 5.66. The van der Waals surface area contributed by atoms with Gasteiger partial charge in [-0.3, -0.25) is 0 Å². The monoisotopic (exact) mass is 245 g/mol. The van der Waals surface area contributed by atoms with Crippen molar-refractivity contribution >= 4 is 23.2 Å². The van der Waals surface area contributed by atoms with Crippen molar-refractivity contribution < 1.29 is 4.74 Å². The standard InChI is InChI=1S/C11H13Cl2NO/c12-9-3-1-2-8(10(9)13)11-7(6-14)4-5-15-11/h1-3,7,11H,4-6,14H2. The summed E-state index contributed by atoms with van der Waals surface area (Å²) in [5.74, 6) is 0.348. The first kappa shape index (κ1) is 11.2. The Labute approximate surface area is 99.3 Å². The fourth-order valence-electron chi connectivity index (χ4n) is 1.96. The highest BCUT2D eigenvalue weighted by Crippen LogP contribution is 2.39. The normalized spacial score (nSPS) is 25.8. The lowest BCUT2D eigenvalue weighted by Crippen LogP contribution is -2.18. The summed E-state index contributed by atoms with van der Waals surface area (Å²) >= 11 is 12.1. The molecule has 0 aromatic heterocycles. The molecule has 0 bridgehead atoms. The number of hydrogen-bond donors (Lipinski definition) is 1. The maximum absolute atomic E-state index is 6.14. The van der Waals surface area contributed by atoms with Gasteiger partial charge in [-0.15, -0.1) is 0 Å². The summed E-state index contributed by atoms with van der Waals surface area (Å²) in [4.78, 5) is 0. The maximum atomic E-state index is 6.14.